The van der Waals surface area contributed by atoms with Gasteiger partial charge >= 0.3 is 0 Å². The van der Waals surface area contributed by atoms with E-state index in [0.717, 1.165) is 5.56 Å². The maximum absolute atomic E-state index is 13.1. The summed E-state index contributed by atoms with van der Waals surface area (Å²) in [6, 6.07) is 9.34. The Balaban J connectivity index is 1.83. The molecule has 0 fully saturated rings. The van der Waals surface area contributed by atoms with Gasteiger partial charge in [0.2, 0.25) is 11.8 Å². The second-order valence-electron chi connectivity index (χ2n) is 5.36. The van der Waals surface area contributed by atoms with Crippen molar-refractivity contribution in [2.75, 3.05) is 0 Å². The number of nitrogens with one attached hydrogen (secondary N) is 1. The third-order valence-electron chi connectivity index (χ3n) is 3.13. The van der Waals surface area contributed by atoms with Gasteiger partial charge in [0, 0.05) is 37.3 Å². The van der Waals surface area contributed by atoms with Crippen molar-refractivity contribution in [3.63, 3.8) is 0 Å². The molecule has 0 aliphatic heterocycles. The van der Waals surface area contributed by atoms with Crippen molar-refractivity contribution >= 4 is 5.91 Å². The molecule has 0 radical (unpaired) electrons. The lowest BCUT2D eigenvalue weighted by molar-refractivity contribution is -0.121. The fraction of sp³-hybridized carbons (Fsp3) is 0.294. The van der Waals surface area contributed by atoms with Gasteiger partial charge < -0.3 is 15.8 Å². The predicted molar refractivity (Wildman–Crippen MR) is 85.4 cm³/mol. The summed E-state index contributed by atoms with van der Waals surface area (Å²) in [7, 11) is 0. The van der Waals surface area contributed by atoms with Crippen LogP contribution in [0.15, 0.2) is 42.6 Å². The maximum Gasteiger partial charge on any atom is 0.220 e. The average Bonchev–Trinajstić information content (AvgIpc) is 2.52. The van der Waals surface area contributed by atoms with Gasteiger partial charge in [0.1, 0.15) is 11.6 Å². The Morgan fingerprint density at radius 1 is 1.39 bits per heavy atom. The number of amides is 1. The topological polar surface area (TPSA) is 77.2 Å². The Morgan fingerprint density at radius 2 is 2.22 bits per heavy atom. The van der Waals surface area contributed by atoms with Crippen molar-refractivity contribution in [3.8, 4) is 11.6 Å². The van der Waals surface area contributed by atoms with E-state index >= 15 is 0 Å². The first-order valence-electron chi connectivity index (χ1n) is 7.43. The summed E-state index contributed by atoms with van der Waals surface area (Å²) in [5, 5.41) is 2.81. The lowest BCUT2D eigenvalue weighted by Crippen LogP contribution is -2.25. The minimum absolute atomic E-state index is 0.0154. The Morgan fingerprint density at radius 3 is 2.87 bits per heavy atom. The van der Waals surface area contributed by atoms with Gasteiger partial charge in [0.05, 0.1) is 0 Å². The Kier molecular flexibility index (Phi) is 6.05. The van der Waals surface area contributed by atoms with Gasteiger partial charge in [-0.2, -0.15) is 0 Å². The molecule has 6 heteroatoms. The maximum atomic E-state index is 13.1. The zero-order valence-electron chi connectivity index (χ0n) is 13.0. The summed E-state index contributed by atoms with van der Waals surface area (Å²) < 4.78 is 18.5. The van der Waals surface area contributed by atoms with Crippen LogP contribution in [0.5, 0.6) is 11.6 Å². The molecule has 0 spiro atoms. The highest BCUT2D eigenvalue weighted by atomic mass is 19.1. The molecule has 1 aromatic heterocycles. The molecule has 2 rings (SSSR count). The van der Waals surface area contributed by atoms with E-state index in [1.54, 1.807) is 30.5 Å². The zero-order chi connectivity index (χ0) is 16.7. The number of pyridine rings is 1. The Bertz CT molecular complexity index is 645. The highest BCUT2D eigenvalue weighted by molar-refractivity contribution is 5.75. The summed E-state index contributed by atoms with van der Waals surface area (Å²) in [5.74, 6) is 0.341. The standard InChI is InChI=1S/C17H20FN3O2/c1-12(19)5-7-16(22)20-10-13-6-8-17(21-11-13)23-15-4-2-3-14(18)9-15/h2-4,6,8-9,11-12H,5,7,10,19H2,1H3,(H,20,22). The second-order valence-corrected chi connectivity index (χ2v) is 5.36. The van der Waals surface area contributed by atoms with E-state index in [-0.39, 0.29) is 17.8 Å². The number of nitrogens with zero attached hydrogens (tertiary/aromatic N) is 1. The van der Waals surface area contributed by atoms with Crippen LogP contribution >= 0.6 is 0 Å². The van der Waals surface area contributed by atoms with Crippen LogP contribution in [-0.2, 0) is 11.3 Å². The molecule has 1 unspecified atom stereocenters. The number of carbonyl (C=O) groups excluding carboxylic acids is 1. The normalized spacial score (nSPS) is 11.8. The fourth-order valence-corrected chi connectivity index (χ4v) is 1.87. The molecule has 23 heavy (non-hydrogen) atoms. The summed E-state index contributed by atoms with van der Waals surface area (Å²) >= 11 is 0. The van der Waals surface area contributed by atoms with Crippen LogP contribution in [0.3, 0.4) is 0 Å². The Labute approximate surface area is 134 Å². The highest BCUT2D eigenvalue weighted by Crippen LogP contribution is 2.19. The van der Waals surface area contributed by atoms with Crippen LogP contribution < -0.4 is 15.8 Å². The van der Waals surface area contributed by atoms with Crippen molar-refractivity contribution in [1.82, 2.24) is 10.3 Å². The number of rotatable bonds is 7. The summed E-state index contributed by atoms with van der Waals surface area (Å²) in [5.41, 5.74) is 6.46. The zero-order valence-corrected chi connectivity index (χ0v) is 13.0. The molecule has 0 aliphatic rings. The molecular formula is C17H20FN3O2. The van der Waals surface area contributed by atoms with Crippen LogP contribution in [0.2, 0.25) is 0 Å². The van der Waals surface area contributed by atoms with Gasteiger partial charge in [-0.05, 0) is 31.0 Å². The van der Waals surface area contributed by atoms with Gasteiger partial charge in [-0.1, -0.05) is 12.1 Å². The summed E-state index contributed by atoms with van der Waals surface area (Å²) in [4.78, 5) is 15.8. The van der Waals surface area contributed by atoms with Crippen LogP contribution in [0.25, 0.3) is 0 Å². The lowest BCUT2D eigenvalue weighted by atomic mass is 10.2. The number of ether oxygens (including phenoxy) is 1. The second kappa shape index (κ2) is 8.24. The van der Waals surface area contributed by atoms with Gasteiger partial charge in [-0.15, -0.1) is 0 Å². The molecule has 2 aromatic rings. The molecule has 3 N–H and O–H groups in total. The third kappa shape index (κ3) is 6.04. The molecule has 5 nitrogen and oxygen atoms in total. The Hall–Kier alpha value is -2.47. The van der Waals surface area contributed by atoms with Gasteiger partial charge in [0.15, 0.2) is 0 Å². The van der Waals surface area contributed by atoms with Crippen LogP contribution in [0.1, 0.15) is 25.3 Å². The van der Waals surface area contributed by atoms with E-state index in [1.807, 2.05) is 6.92 Å². The van der Waals surface area contributed by atoms with Crippen molar-refractivity contribution in [2.45, 2.75) is 32.4 Å². The number of hydrogen-bond acceptors (Lipinski definition) is 4. The number of benzene rings is 1. The molecular weight excluding hydrogens is 297 g/mol. The number of nitrogens with two attached hydrogens (primary N) is 1. The molecule has 122 valence electrons. The van der Waals surface area contributed by atoms with E-state index in [2.05, 4.69) is 10.3 Å². The van der Waals surface area contributed by atoms with Crippen LogP contribution in [-0.4, -0.2) is 16.9 Å². The van der Waals surface area contributed by atoms with E-state index in [1.165, 1.54) is 12.1 Å². The van der Waals surface area contributed by atoms with Gasteiger partial charge in [-0.3, -0.25) is 4.79 Å². The van der Waals surface area contributed by atoms with Crippen LogP contribution in [0, 0.1) is 5.82 Å². The van der Waals surface area contributed by atoms with E-state index in [4.69, 9.17) is 10.5 Å². The first-order chi connectivity index (χ1) is 11.0. The largest absolute Gasteiger partial charge is 0.439 e. The van der Waals surface area contributed by atoms with Crippen molar-refractivity contribution in [1.29, 1.82) is 0 Å². The minimum Gasteiger partial charge on any atom is -0.439 e. The fourth-order valence-electron chi connectivity index (χ4n) is 1.87. The van der Waals surface area contributed by atoms with E-state index in [0.29, 0.717) is 31.0 Å². The summed E-state index contributed by atoms with van der Waals surface area (Å²) in [6.07, 6.45) is 2.68. The van der Waals surface area contributed by atoms with E-state index in [9.17, 15) is 9.18 Å². The molecule has 0 bridgehead atoms. The first-order valence-corrected chi connectivity index (χ1v) is 7.43. The van der Waals surface area contributed by atoms with Crippen molar-refractivity contribution < 1.29 is 13.9 Å². The molecule has 1 amide bonds. The quantitative estimate of drug-likeness (QED) is 0.823. The number of carbonyl (C=O) groups is 1. The molecule has 1 heterocycles. The number of hydrogen-bond donors (Lipinski definition) is 2. The lowest BCUT2D eigenvalue weighted by Gasteiger charge is -2.08. The number of aromatic nitrogens is 1. The predicted octanol–water partition coefficient (Wildman–Crippen LogP) is 2.76. The van der Waals surface area contributed by atoms with Gasteiger partial charge in [0.25, 0.3) is 0 Å². The first kappa shape index (κ1) is 16.9. The molecule has 0 aliphatic carbocycles. The summed E-state index contributed by atoms with van der Waals surface area (Å²) in [6.45, 7) is 2.26. The number of halogens is 1. The third-order valence-corrected chi connectivity index (χ3v) is 3.13. The molecule has 0 saturated heterocycles. The molecule has 1 atom stereocenters. The van der Waals surface area contributed by atoms with E-state index < -0.39 is 0 Å². The SMILES string of the molecule is CC(N)CCC(=O)NCc1ccc(Oc2cccc(F)c2)nc1. The van der Waals surface area contributed by atoms with Crippen molar-refractivity contribution in [3.05, 3.63) is 54.0 Å². The van der Waals surface area contributed by atoms with Gasteiger partial charge in [-0.25, -0.2) is 9.37 Å². The molecule has 0 saturated carbocycles. The molecule has 1 aromatic carbocycles. The average molecular weight is 317 g/mol. The monoisotopic (exact) mass is 317 g/mol. The minimum atomic E-state index is -0.367. The smallest absolute Gasteiger partial charge is 0.220 e. The van der Waals surface area contributed by atoms with Crippen molar-refractivity contribution in [2.24, 2.45) is 5.73 Å². The highest BCUT2D eigenvalue weighted by Gasteiger charge is 2.04. The van der Waals surface area contributed by atoms with Crippen LogP contribution in [0.4, 0.5) is 4.39 Å².